The topological polar surface area (TPSA) is 26.0 Å². The van der Waals surface area contributed by atoms with E-state index in [0.717, 1.165) is 5.92 Å². The van der Waals surface area contributed by atoms with Gasteiger partial charge < -0.3 is 5.73 Å². The molecule has 0 radical (unpaired) electrons. The van der Waals surface area contributed by atoms with Gasteiger partial charge in [-0.25, -0.2) is 0 Å². The first kappa shape index (κ1) is 14.0. The zero-order valence-electron chi connectivity index (χ0n) is 10.4. The van der Waals surface area contributed by atoms with Gasteiger partial charge in [0.1, 0.15) is 0 Å². The summed E-state index contributed by atoms with van der Waals surface area (Å²) in [6.07, 6.45) is 10.8. The molecular weight excluding hydrogens is 170 g/mol. The third kappa shape index (κ3) is 7.37. The zero-order valence-corrected chi connectivity index (χ0v) is 10.4. The average Bonchev–Trinajstić information content (AvgIpc) is 2.15. The SMILES string of the molecule is CCCCCC(CCCCC)C(C)N. The van der Waals surface area contributed by atoms with Crippen LogP contribution in [0.5, 0.6) is 0 Å². The van der Waals surface area contributed by atoms with Gasteiger partial charge in [-0.1, -0.05) is 52.4 Å². The summed E-state index contributed by atoms with van der Waals surface area (Å²) in [5.41, 5.74) is 6.00. The third-order valence-corrected chi connectivity index (χ3v) is 3.10. The molecule has 0 spiro atoms. The van der Waals surface area contributed by atoms with E-state index in [-0.39, 0.29) is 0 Å². The molecule has 14 heavy (non-hydrogen) atoms. The van der Waals surface area contributed by atoms with Crippen molar-refractivity contribution < 1.29 is 0 Å². The summed E-state index contributed by atoms with van der Waals surface area (Å²) in [5.74, 6) is 0.771. The van der Waals surface area contributed by atoms with Crippen molar-refractivity contribution in [3.05, 3.63) is 0 Å². The van der Waals surface area contributed by atoms with Crippen molar-refractivity contribution in [2.24, 2.45) is 11.7 Å². The molecule has 1 heteroatoms. The van der Waals surface area contributed by atoms with Crippen molar-refractivity contribution in [1.29, 1.82) is 0 Å². The van der Waals surface area contributed by atoms with Crippen molar-refractivity contribution in [2.75, 3.05) is 0 Å². The highest BCUT2D eigenvalue weighted by atomic mass is 14.6. The lowest BCUT2D eigenvalue weighted by Gasteiger charge is -2.20. The van der Waals surface area contributed by atoms with Crippen LogP contribution in [0.4, 0.5) is 0 Å². The molecule has 2 N–H and O–H groups in total. The van der Waals surface area contributed by atoms with Crippen LogP contribution in [0.25, 0.3) is 0 Å². The van der Waals surface area contributed by atoms with E-state index >= 15 is 0 Å². The Labute approximate surface area is 90.5 Å². The van der Waals surface area contributed by atoms with Crippen LogP contribution in [0, 0.1) is 5.92 Å². The molecule has 1 nitrogen and oxygen atoms in total. The second kappa shape index (κ2) is 9.51. The van der Waals surface area contributed by atoms with E-state index in [9.17, 15) is 0 Å². The Kier molecular flexibility index (Phi) is 9.49. The van der Waals surface area contributed by atoms with Gasteiger partial charge in [0.15, 0.2) is 0 Å². The van der Waals surface area contributed by atoms with Crippen LogP contribution in [-0.2, 0) is 0 Å². The van der Waals surface area contributed by atoms with Crippen molar-refractivity contribution in [1.82, 2.24) is 0 Å². The Hall–Kier alpha value is -0.0400. The summed E-state index contributed by atoms with van der Waals surface area (Å²) in [5, 5.41) is 0. The molecule has 0 aromatic rings. The first-order valence-electron chi connectivity index (χ1n) is 6.47. The number of rotatable bonds is 9. The molecule has 0 aliphatic carbocycles. The molecule has 1 unspecified atom stereocenters. The van der Waals surface area contributed by atoms with Crippen LogP contribution in [-0.4, -0.2) is 6.04 Å². The second-order valence-corrected chi connectivity index (χ2v) is 4.61. The fourth-order valence-electron chi connectivity index (χ4n) is 1.98. The highest BCUT2D eigenvalue weighted by Crippen LogP contribution is 2.19. The summed E-state index contributed by atoms with van der Waals surface area (Å²) < 4.78 is 0. The molecule has 86 valence electrons. The van der Waals surface area contributed by atoms with Crippen molar-refractivity contribution in [2.45, 2.75) is 78.2 Å². The molecule has 0 bridgehead atoms. The molecular formula is C13H29N. The summed E-state index contributed by atoms with van der Waals surface area (Å²) in [4.78, 5) is 0. The van der Waals surface area contributed by atoms with Gasteiger partial charge >= 0.3 is 0 Å². The normalized spacial score (nSPS) is 13.5. The highest BCUT2D eigenvalue weighted by Gasteiger charge is 2.12. The van der Waals surface area contributed by atoms with E-state index in [1.165, 1.54) is 51.4 Å². The van der Waals surface area contributed by atoms with Gasteiger partial charge in [-0.15, -0.1) is 0 Å². The molecule has 0 fully saturated rings. The summed E-state index contributed by atoms with van der Waals surface area (Å²) >= 11 is 0. The second-order valence-electron chi connectivity index (χ2n) is 4.61. The van der Waals surface area contributed by atoms with Crippen molar-refractivity contribution in [3.63, 3.8) is 0 Å². The molecule has 0 aromatic carbocycles. The van der Waals surface area contributed by atoms with Gasteiger partial charge in [-0.05, 0) is 25.7 Å². The molecule has 0 heterocycles. The van der Waals surface area contributed by atoms with E-state index in [1.54, 1.807) is 0 Å². The Bertz CT molecular complexity index is 99.8. The maximum Gasteiger partial charge on any atom is 0.00387 e. The molecule has 0 saturated carbocycles. The lowest BCUT2D eigenvalue weighted by Crippen LogP contribution is -2.26. The van der Waals surface area contributed by atoms with Gasteiger partial charge in [-0.2, -0.15) is 0 Å². The predicted molar refractivity (Wildman–Crippen MR) is 65.4 cm³/mol. The molecule has 0 saturated heterocycles. The predicted octanol–water partition coefficient (Wildman–Crippen LogP) is 4.11. The fourth-order valence-corrected chi connectivity index (χ4v) is 1.98. The van der Waals surface area contributed by atoms with Crippen LogP contribution in [0.3, 0.4) is 0 Å². The molecule has 0 aliphatic rings. The van der Waals surface area contributed by atoms with E-state index in [2.05, 4.69) is 20.8 Å². The summed E-state index contributed by atoms with van der Waals surface area (Å²) in [6.45, 7) is 6.69. The van der Waals surface area contributed by atoms with Crippen LogP contribution in [0.1, 0.15) is 72.1 Å². The van der Waals surface area contributed by atoms with Crippen LogP contribution < -0.4 is 5.73 Å². The minimum absolute atomic E-state index is 0.392. The first-order valence-corrected chi connectivity index (χ1v) is 6.47. The van der Waals surface area contributed by atoms with Gasteiger partial charge in [-0.3, -0.25) is 0 Å². The van der Waals surface area contributed by atoms with E-state index in [0.29, 0.717) is 6.04 Å². The first-order chi connectivity index (χ1) is 6.72. The van der Waals surface area contributed by atoms with Crippen LogP contribution >= 0.6 is 0 Å². The maximum atomic E-state index is 6.00. The molecule has 0 aromatic heterocycles. The quantitative estimate of drug-likeness (QED) is 0.556. The number of hydrogen-bond acceptors (Lipinski definition) is 1. The lowest BCUT2D eigenvalue weighted by atomic mass is 9.90. The zero-order chi connectivity index (χ0) is 10.8. The third-order valence-electron chi connectivity index (χ3n) is 3.10. The Morgan fingerprint density at radius 3 is 1.57 bits per heavy atom. The van der Waals surface area contributed by atoms with E-state index in [1.807, 2.05) is 0 Å². The monoisotopic (exact) mass is 199 g/mol. The Morgan fingerprint density at radius 1 is 0.857 bits per heavy atom. The van der Waals surface area contributed by atoms with E-state index < -0.39 is 0 Å². The minimum atomic E-state index is 0.392. The fraction of sp³-hybridized carbons (Fsp3) is 1.00. The highest BCUT2D eigenvalue weighted by molar-refractivity contribution is 4.68. The van der Waals surface area contributed by atoms with Crippen molar-refractivity contribution in [3.8, 4) is 0 Å². The standard InChI is InChI=1S/C13H29N/c1-4-6-8-10-13(12(3)14)11-9-7-5-2/h12-13H,4-11,14H2,1-3H3. The van der Waals surface area contributed by atoms with Crippen LogP contribution in [0.2, 0.25) is 0 Å². The Balaban J connectivity index is 3.55. The number of hydrogen-bond donors (Lipinski definition) is 1. The largest absolute Gasteiger partial charge is 0.328 e. The molecule has 0 aliphatic heterocycles. The number of unbranched alkanes of at least 4 members (excludes halogenated alkanes) is 4. The molecule has 0 amide bonds. The summed E-state index contributed by atoms with van der Waals surface area (Å²) in [7, 11) is 0. The van der Waals surface area contributed by atoms with E-state index in [4.69, 9.17) is 5.73 Å². The lowest BCUT2D eigenvalue weighted by molar-refractivity contribution is 0.359. The number of nitrogens with two attached hydrogens (primary N) is 1. The van der Waals surface area contributed by atoms with Gasteiger partial charge in [0.2, 0.25) is 0 Å². The molecule has 0 rings (SSSR count). The Morgan fingerprint density at radius 2 is 1.29 bits per heavy atom. The average molecular weight is 199 g/mol. The van der Waals surface area contributed by atoms with Gasteiger partial charge in [0.25, 0.3) is 0 Å². The minimum Gasteiger partial charge on any atom is -0.328 e. The van der Waals surface area contributed by atoms with Gasteiger partial charge in [0, 0.05) is 6.04 Å². The van der Waals surface area contributed by atoms with Gasteiger partial charge in [0.05, 0.1) is 0 Å². The molecule has 1 atom stereocenters. The summed E-state index contributed by atoms with van der Waals surface area (Å²) in [6, 6.07) is 0.392. The smallest absolute Gasteiger partial charge is 0.00387 e. The maximum absolute atomic E-state index is 6.00. The van der Waals surface area contributed by atoms with Crippen LogP contribution in [0.15, 0.2) is 0 Å². The van der Waals surface area contributed by atoms with Crippen molar-refractivity contribution >= 4 is 0 Å².